The Morgan fingerprint density at radius 2 is 0.533 bits per heavy atom. The Morgan fingerprint density at radius 3 is 0.848 bits per heavy atom. The molecule has 0 aliphatic rings. The van der Waals surface area contributed by atoms with Crippen LogP contribution in [0.4, 0.5) is 0 Å². The summed E-state index contributed by atoms with van der Waals surface area (Å²) in [5.74, 6) is 2.74. The lowest BCUT2D eigenvalue weighted by Gasteiger charge is -2.21. The first-order chi connectivity index (χ1) is 51.1. The molecule has 0 aliphatic heterocycles. The van der Waals surface area contributed by atoms with Crippen LogP contribution in [-0.2, 0) is 65.8 Å². The number of carboxylic acids is 3. The van der Waals surface area contributed by atoms with Crippen molar-refractivity contribution in [2.24, 2.45) is 0 Å². The van der Waals surface area contributed by atoms with Gasteiger partial charge in [0.1, 0.15) is 69.0 Å². The number of unbranched alkanes of at least 4 members (excludes halogenated alkanes) is 6. The molecular formula is C87H98O18. The number of carbonyl (C=O) groups is 3. The molecule has 9 rings (SSSR count). The van der Waals surface area contributed by atoms with Crippen molar-refractivity contribution >= 4 is 17.9 Å². The molecule has 0 aliphatic carbocycles. The van der Waals surface area contributed by atoms with Crippen LogP contribution in [0.3, 0.4) is 0 Å². The number of carboxylic acid groups (broad SMARTS) is 3. The average Bonchev–Trinajstić information content (AvgIpc) is 0.794. The normalized spacial score (nSPS) is 11.0. The summed E-state index contributed by atoms with van der Waals surface area (Å²) < 4.78 is 74.3. The minimum absolute atomic E-state index is 0.182. The molecule has 0 amide bonds. The van der Waals surface area contributed by atoms with Gasteiger partial charge in [0, 0.05) is 87.7 Å². The third-order valence-electron chi connectivity index (χ3n) is 18.3. The molecule has 0 unspecified atom stereocenters. The highest BCUT2D eigenvalue weighted by Crippen LogP contribution is 2.43. The highest BCUT2D eigenvalue weighted by Gasteiger charge is 2.24. The van der Waals surface area contributed by atoms with Gasteiger partial charge in [0.05, 0.1) is 62.5 Å². The van der Waals surface area contributed by atoms with Gasteiger partial charge >= 0.3 is 17.9 Å². The number of aryl methyl sites for hydroxylation is 4. The lowest BCUT2D eigenvalue weighted by molar-refractivity contribution is -0.140. The van der Waals surface area contributed by atoms with E-state index in [4.69, 9.17) is 56.8 Å². The summed E-state index contributed by atoms with van der Waals surface area (Å²) in [7, 11) is 9.53. The molecule has 0 radical (unpaired) electrons. The van der Waals surface area contributed by atoms with Crippen molar-refractivity contribution in [3.05, 3.63) is 248 Å². The molecule has 554 valence electrons. The fraction of sp³-hybridized carbons (Fsp3) is 0.345. The molecule has 18 heteroatoms. The molecule has 3 N–H and O–H groups in total. The van der Waals surface area contributed by atoms with Crippen molar-refractivity contribution in [2.75, 3.05) is 82.3 Å². The number of aliphatic carboxylic acids is 3. The SMILES string of the molecule is COc1ccc(OCC(=O)O)c(Cc2cc(OCCCCCc3ccccc3)c(Cc3cc(OCC(=O)O)c(Cc4cc(OCCCCCc5ccccc5)c(Cc5cc(OCC(=O)O)c(Cc6cc(OCCCCCc7ccccc7)c(C)cc6OC)cc5OC)cc4OC)cc3OC)cc2OC)c1. The number of ether oxygens (including phenoxy) is 12. The average molecular weight is 1430 g/mol. The number of rotatable bonds is 46. The molecule has 9 aromatic carbocycles. The van der Waals surface area contributed by atoms with Gasteiger partial charge in [-0.05, 0) is 185 Å². The smallest absolute Gasteiger partial charge is 0.341 e. The molecule has 0 saturated heterocycles. The fourth-order valence-corrected chi connectivity index (χ4v) is 12.9. The van der Waals surface area contributed by atoms with E-state index < -0.39 is 37.7 Å². The van der Waals surface area contributed by atoms with Crippen molar-refractivity contribution in [3.63, 3.8) is 0 Å². The van der Waals surface area contributed by atoms with Crippen molar-refractivity contribution in [2.45, 2.75) is 116 Å². The lowest BCUT2D eigenvalue weighted by atomic mass is 9.93. The van der Waals surface area contributed by atoms with E-state index in [1.54, 1.807) is 66.9 Å². The zero-order valence-electron chi connectivity index (χ0n) is 61.4. The third-order valence-corrected chi connectivity index (χ3v) is 18.3. The Hall–Kier alpha value is -11.0. The van der Waals surface area contributed by atoms with E-state index in [-0.39, 0.29) is 25.7 Å². The Labute approximate surface area is 616 Å². The second-order valence-corrected chi connectivity index (χ2v) is 25.9. The monoisotopic (exact) mass is 1430 g/mol. The summed E-state index contributed by atoms with van der Waals surface area (Å²) in [6.07, 6.45) is 12.4. The molecule has 9 aromatic rings. The van der Waals surface area contributed by atoms with Crippen LogP contribution in [0.5, 0.6) is 69.0 Å². The quantitative estimate of drug-likeness (QED) is 0.0302. The minimum atomic E-state index is -1.17. The molecule has 105 heavy (non-hydrogen) atoms. The van der Waals surface area contributed by atoms with Crippen LogP contribution >= 0.6 is 0 Å². The lowest BCUT2D eigenvalue weighted by Crippen LogP contribution is -2.12. The Morgan fingerprint density at radius 1 is 0.267 bits per heavy atom. The number of methoxy groups -OCH3 is 6. The van der Waals surface area contributed by atoms with Gasteiger partial charge in [-0.15, -0.1) is 0 Å². The number of hydrogen-bond donors (Lipinski definition) is 3. The maximum Gasteiger partial charge on any atom is 0.341 e. The first-order valence-corrected chi connectivity index (χ1v) is 35.8. The van der Waals surface area contributed by atoms with Gasteiger partial charge in [0.15, 0.2) is 19.8 Å². The maximum atomic E-state index is 12.4. The van der Waals surface area contributed by atoms with Gasteiger partial charge in [-0.1, -0.05) is 91.0 Å². The van der Waals surface area contributed by atoms with Crippen LogP contribution in [0.1, 0.15) is 136 Å². The zero-order valence-corrected chi connectivity index (χ0v) is 61.4. The summed E-state index contributed by atoms with van der Waals surface area (Å²) in [6, 6.07) is 55.5. The second kappa shape index (κ2) is 40.7. The Bertz CT molecular complexity index is 4270. The molecule has 0 spiro atoms. The summed E-state index contributed by atoms with van der Waals surface area (Å²) >= 11 is 0. The molecule has 0 aromatic heterocycles. The van der Waals surface area contributed by atoms with Crippen molar-refractivity contribution < 1.29 is 86.5 Å². The van der Waals surface area contributed by atoms with E-state index in [1.165, 1.54) is 16.7 Å². The van der Waals surface area contributed by atoms with Gasteiger partial charge in [0.25, 0.3) is 0 Å². The second-order valence-electron chi connectivity index (χ2n) is 25.9. The van der Waals surface area contributed by atoms with Crippen LogP contribution in [-0.4, -0.2) is 116 Å². The van der Waals surface area contributed by atoms with Crippen LogP contribution in [0.2, 0.25) is 0 Å². The van der Waals surface area contributed by atoms with Crippen LogP contribution < -0.4 is 56.8 Å². The van der Waals surface area contributed by atoms with E-state index in [1.807, 2.05) is 104 Å². The minimum Gasteiger partial charge on any atom is -0.497 e. The van der Waals surface area contributed by atoms with Gasteiger partial charge in [-0.2, -0.15) is 0 Å². The van der Waals surface area contributed by atoms with Crippen LogP contribution in [0.15, 0.2) is 170 Å². The topological polar surface area (TPSA) is 223 Å². The van der Waals surface area contributed by atoms with Crippen LogP contribution in [0, 0.1) is 6.92 Å². The maximum absolute atomic E-state index is 12.4. The fourth-order valence-electron chi connectivity index (χ4n) is 12.9. The largest absolute Gasteiger partial charge is 0.497 e. The third kappa shape index (κ3) is 23.8. The number of benzene rings is 9. The summed E-state index contributed by atoms with van der Waals surface area (Å²) in [4.78, 5) is 36.3. The van der Waals surface area contributed by atoms with E-state index in [2.05, 4.69) is 48.5 Å². The van der Waals surface area contributed by atoms with Crippen molar-refractivity contribution in [1.29, 1.82) is 0 Å². The van der Waals surface area contributed by atoms with E-state index in [0.717, 1.165) is 111 Å². The predicted molar refractivity (Wildman–Crippen MR) is 405 cm³/mol. The molecule has 0 heterocycles. The first-order valence-electron chi connectivity index (χ1n) is 35.8. The molecule has 0 bridgehead atoms. The van der Waals surface area contributed by atoms with E-state index >= 15 is 0 Å². The molecule has 18 nitrogen and oxygen atoms in total. The van der Waals surface area contributed by atoms with Gasteiger partial charge in [-0.25, -0.2) is 14.4 Å². The van der Waals surface area contributed by atoms with Gasteiger partial charge < -0.3 is 72.2 Å². The molecule has 0 atom stereocenters. The van der Waals surface area contributed by atoms with Crippen molar-refractivity contribution in [1.82, 2.24) is 0 Å². The van der Waals surface area contributed by atoms with E-state index in [9.17, 15) is 29.7 Å². The molecule has 0 saturated carbocycles. The standard InChI is InChI=1S/C87H98O18/c1-59-40-76(95-3)64(47-75(59)100-37-23-11-20-32-60-26-14-8-15-27-60)42-71-50-79(98-6)67(54-83(71)104-57-86(90)91)44-70-49-78(97-5)66(53-82(70)102-39-25-13-22-34-62-30-18-10-19-31-62)45-72-51-80(99-7)68(55-84(72)105-58-87(92)93)43-69-48-77(96-4)65(41-63-46-73(94-2)35-36-74(63)103-56-85(88)89)52-81(69)101-38-24-12-21-33-61-28-16-9-17-29-61/h8-10,14-19,26-31,35-36,40,46-55H,11-13,20-25,32-34,37-39,41-45,56-58H2,1-7H3,(H,88,89)(H,90,91)(H,92,93). The first kappa shape index (κ1) is 78.1. The highest BCUT2D eigenvalue weighted by atomic mass is 16.5. The molecular weight excluding hydrogens is 1330 g/mol. The van der Waals surface area contributed by atoms with Crippen LogP contribution in [0.25, 0.3) is 0 Å². The molecule has 0 fully saturated rings. The summed E-state index contributed by atoms with van der Waals surface area (Å²) in [5.41, 5.74) is 11.8. The van der Waals surface area contributed by atoms with E-state index in [0.29, 0.717) is 123 Å². The Balaban J connectivity index is 1.04. The summed E-state index contributed by atoms with van der Waals surface area (Å²) in [6.45, 7) is 1.56. The summed E-state index contributed by atoms with van der Waals surface area (Å²) in [5, 5.41) is 29.7. The Kier molecular flexibility index (Phi) is 30.3. The van der Waals surface area contributed by atoms with Crippen molar-refractivity contribution in [3.8, 4) is 69.0 Å². The van der Waals surface area contributed by atoms with Gasteiger partial charge in [0.2, 0.25) is 0 Å². The number of hydrogen-bond acceptors (Lipinski definition) is 15. The predicted octanol–water partition coefficient (Wildman–Crippen LogP) is 16.8. The zero-order chi connectivity index (χ0) is 74.3. The highest BCUT2D eigenvalue weighted by molar-refractivity contribution is 5.70. The van der Waals surface area contributed by atoms with Gasteiger partial charge in [-0.3, -0.25) is 0 Å².